The van der Waals surface area contributed by atoms with Gasteiger partial charge in [0.05, 0.1) is 17.7 Å². The van der Waals surface area contributed by atoms with E-state index in [0.29, 0.717) is 44.8 Å². The number of likely N-dealkylation sites (tertiary alicyclic amines) is 1. The molecule has 9 heteroatoms. The zero-order valence-corrected chi connectivity index (χ0v) is 21.7. The van der Waals surface area contributed by atoms with Crippen LogP contribution in [0.5, 0.6) is 5.88 Å². The lowest BCUT2D eigenvalue weighted by Crippen LogP contribution is -2.53. The summed E-state index contributed by atoms with van der Waals surface area (Å²) in [6.07, 6.45) is 5.18. The molecule has 2 aromatic heterocycles. The predicted octanol–water partition coefficient (Wildman–Crippen LogP) is 3.29. The number of nitrogens with one attached hydrogen (secondary N) is 2. The van der Waals surface area contributed by atoms with Crippen LogP contribution >= 0.6 is 0 Å². The van der Waals surface area contributed by atoms with Crippen molar-refractivity contribution in [3.63, 3.8) is 0 Å². The highest BCUT2D eigenvalue weighted by molar-refractivity contribution is 5.88. The molecule has 4 heterocycles. The standard InChI is InChI=1S/C27H37N5O4/c1-5-35-23-21(7-6-13-29-23)19-8-9-22(30-17-19)27(11-14-28-15-12-27)24(33)31-20-10-16-32(18-20)25(34)36-26(2,3)4/h6-9,13,17,20,28H,5,10-12,14-16,18H2,1-4H3,(H,31,33)/t20-/m1/s1. The third kappa shape index (κ3) is 5.78. The van der Waals surface area contributed by atoms with Crippen molar-refractivity contribution in [1.82, 2.24) is 25.5 Å². The molecule has 1 atom stereocenters. The molecule has 0 aliphatic carbocycles. The minimum Gasteiger partial charge on any atom is -0.478 e. The molecule has 0 saturated carbocycles. The number of pyridine rings is 2. The van der Waals surface area contributed by atoms with E-state index in [1.165, 1.54) is 0 Å². The van der Waals surface area contributed by atoms with E-state index < -0.39 is 11.0 Å². The van der Waals surface area contributed by atoms with Gasteiger partial charge in [-0.15, -0.1) is 0 Å². The number of aromatic nitrogens is 2. The van der Waals surface area contributed by atoms with E-state index in [-0.39, 0.29) is 18.0 Å². The first kappa shape index (κ1) is 25.9. The molecule has 2 saturated heterocycles. The number of carbonyl (C=O) groups is 2. The van der Waals surface area contributed by atoms with Crippen LogP contribution in [0.1, 0.15) is 52.7 Å². The van der Waals surface area contributed by atoms with Gasteiger partial charge in [0, 0.05) is 42.7 Å². The second-order valence-electron chi connectivity index (χ2n) is 10.4. The fourth-order valence-corrected chi connectivity index (χ4v) is 4.85. The van der Waals surface area contributed by atoms with Crippen molar-refractivity contribution >= 4 is 12.0 Å². The highest BCUT2D eigenvalue weighted by atomic mass is 16.6. The molecule has 2 aliphatic rings. The molecule has 2 aromatic rings. The molecule has 0 bridgehead atoms. The molecular weight excluding hydrogens is 458 g/mol. The maximum Gasteiger partial charge on any atom is 0.410 e. The molecule has 2 N–H and O–H groups in total. The first-order chi connectivity index (χ1) is 17.2. The normalized spacial score (nSPS) is 19.6. The van der Waals surface area contributed by atoms with Crippen LogP contribution in [0.4, 0.5) is 4.79 Å². The quantitative estimate of drug-likeness (QED) is 0.633. The summed E-state index contributed by atoms with van der Waals surface area (Å²) in [7, 11) is 0. The molecule has 36 heavy (non-hydrogen) atoms. The van der Waals surface area contributed by atoms with Gasteiger partial charge in [0.2, 0.25) is 11.8 Å². The summed E-state index contributed by atoms with van der Waals surface area (Å²) in [5, 5.41) is 6.58. The number of amides is 2. The van der Waals surface area contributed by atoms with Crippen LogP contribution in [-0.4, -0.2) is 71.3 Å². The Kier molecular flexibility index (Phi) is 7.78. The lowest BCUT2D eigenvalue weighted by Gasteiger charge is -2.36. The van der Waals surface area contributed by atoms with Crippen molar-refractivity contribution < 1.29 is 19.1 Å². The summed E-state index contributed by atoms with van der Waals surface area (Å²) in [5.41, 5.74) is 1.25. The Balaban J connectivity index is 1.50. The van der Waals surface area contributed by atoms with Crippen molar-refractivity contribution in [3.05, 3.63) is 42.4 Å². The number of ether oxygens (including phenoxy) is 2. The molecular formula is C27H37N5O4. The van der Waals surface area contributed by atoms with Crippen molar-refractivity contribution in [3.8, 4) is 17.0 Å². The Morgan fingerprint density at radius 2 is 1.97 bits per heavy atom. The van der Waals surface area contributed by atoms with E-state index in [9.17, 15) is 9.59 Å². The highest BCUT2D eigenvalue weighted by Gasteiger charge is 2.44. The van der Waals surface area contributed by atoms with E-state index >= 15 is 0 Å². The molecule has 2 amide bonds. The average Bonchev–Trinajstić information content (AvgIpc) is 3.33. The van der Waals surface area contributed by atoms with Crippen LogP contribution in [-0.2, 0) is 14.9 Å². The SMILES string of the molecule is CCOc1ncccc1-c1ccc(C2(C(=O)N[C@@H]3CCN(C(=O)OC(C)(C)C)C3)CCNCC2)nc1. The summed E-state index contributed by atoms with van der Waals surface area (Å²) in [4.78, 5) is 37.0. The maximum atomic E-state index is 13.7. The predicted molar refractivity (Wildman–Crippen MR) is 137 cm³/mol. The Labute approximate surface area is 213 Å². The molecule has 0 unspecified atom stereocenters. The third-order valence-corrected chi connectivity index (χ3v) is 6.68. The van der Waals surface area contributed by atoms with E-state index in [2.05, 4.69) is 15.6 Å². The summed E-state index contributed by atoms with van der Waals surface area (Å²) in [6, 6.07) is 7.65. The topological polar surface area (TPSA) is 106 Å². The van der Waals surface area contributed by atoms with E-state index in [1.807, 2.05) is 52.0 Å². The van der Waals surface area contributed by atoms with Crippen molar-refractivity contribution in [2.75, 3.05) is 32.8 Å². The third-order valence-electron chi connectivity index (χ3n) is 6.68. The number of rotatable bonds is 6. The van der Waals surface area contributed by atoms with Crippen LogP contribution in [0, 0.1) is 0 Å². The maximum absolute atomic E-state index is 13.7. The zero-order chi connectivity index (χ0) is 25.8. The van der Waals surface area contributed by atoms with Gasteiger partial charge in [0.25, 0.3) is 0 Å². The summed E-state index contributed by atoms with van der Waals surface area (Å²) in [6.45, 7) is 10.5. The number of piperidine rings is 1. The highest BCUT2D eigenvalue weighted by Crippen LogP contribution is 2.35. The minimum atomic E-state index is -0.721. The minimum absolute atomic E-state index is 0.0309. The molecule has 9 nitrogen and oxygen atoms in total. The van der Waals surface area contributed by atoms with Crippen LogP contribution in [0.3, 0.4) is 0 Å². The number of hydrogen-bond donors (Lipinski definition) is 2. The van der Waals surface area contributed by atoms with Gasteiger partial charge >= 0.3 is 6.09 Å². The zero-order valence-electron chi connectivity index (χ0n) is 21.7. The molecule has 4 rings (SSSR count). The van der Waals surface area contributed by atoms with Crippen LogP contribution in [0.2, 0.25) is 0 Å². The monoisotopic (exact) mass is 495 g/mol. The van der Waals surface area contributed by atoms with Gasteiger partial charge in [-0.1, -0.05) is 6.07 Å². The van der Waals surface area contributed by atoms with Crippen LogP contribution < -0.4 is 15.4 Å². The van der Waals surface area contributed by atoms with Crippen LogP contribution in [0.15, 0.2) is 36.7 Å². The lowest BCUT2D eigenvalue weighted by molar-refractivity contribution is -0.128. The first-order valence-corrected chi connectivity index (χ1v) is 12.8. The van der Waals surface area contributed by atoms with Gasteiger partial charge < -0.3 is 25.0 Å². The smallest absolute Gasteiger partial charge is 0.410 e. The molecule has 0 radical (unpaired) electrons. The summed E-state index contributed by atoms with van der Waals surface area (Å²) < 4.78 is 11.2. The largest absolute Gasteiger partial charge is 0.478 e. The second-order valence-corrected chi connectivity index (χ2v) is 10.4. The van der Waals surface area contributed by atoms with E-state index in [4.69, 9.17) is 14.5 Å². The molecule has 0 spiro atoms. The Bertz CT molecular complexity index is 1060. The Morgan fingerprint density at radius 1 is 1.19 bits per heavy atom. The van der Waals surface area contributed by atoms with Crippen molar-refractivity contribution in [2.24, 2.45) is 0 Å². The van der Waals surface area contributed by atoms with Gasteiger partial charge in [0.15, 0.2) is 0 Å². The lowest BCUT2D eigenvalue weighted by atomic mass is 9.74. The van der Waals surface area contributed by atoms with Gasteiger partial charge in [0.1, 0.15) is 5.60 Å². The number of carbonyl (C=O) groups excluding carboxylic acids is 2. The van der Waals surface area contributed by atoms with Gasteiger partial charge in [-0.2, -0.15) is 0 Å². The van der Waals surface area contributed by atoms with Gasteiger partial charge in [-0.3, -0.25) is 9.78 Å². The fraction of sp³-hybridized carbons (Fsp3) is 0.556. The number of nitrogens with zero attached hydrogens (tertiary/aromatic N) is 3. The van der Waals surface area contributed by atoms with Gasteiger partial charge in [-0.25, -0.2) is 9.78 Å². The molecule has 2 fully saturated rings. The molecule has 194 valence electrons. The summed E-state index contributed by atoms with van der Waals surface area (Å²) in [5.74, 6) is 0.538. The number of hydrogen-bond acceptors (Lipinski definition) is 7. The summed E-state index contributed by atoms with van der Waals surface area (Å²) >= 11 is 0. The second kappa shape index (κ2) is 10.8. The van der Waals surface area contributed by atoms with Crippen LogP contribution in [0.25, 0.3) is 11.1 Å². The van der Waals surface area contributed by atoms with E-state index in [1.54, 1.807) is 17.3 Å². The van der Waals surface area contributed by atoms with E-state index in [0.717, 1.165) is 29.9 Å². The van der Waals surface area contributed by atoms with Crippen molar-refractivity contribution in [2.45, 2.75) is 64.0 Å². The molecule has 2 aliphatic heterocycles. The van der Waals surface area contributed by atoms with Crippen molar-refractivity contribution in [1.29, 1.82) is 0 Å². The first-order valence-electron chi connectivity index (χ1n) is 12.8. The fourth-order valence-electron chi connectivity index (χ4n) is 4.85. The Hall–Kier alpha value is -3.20. The molecule has 0 aromatic carbocycles. The average molecular weight is 496 g/mol. The van der Waals surface area contributed by atoms with Gasteiger partial charge in [-0.05, 0) is 78.2 Å². The Morgan fingerprint density at radius 3 is 2.64 bits per heavy atom.